The molecule has 1 aliphatic rings. The number of benzene rings is 1. The number of rotatable bonds is 5. The predicted molar refractivity (Wildman–Crippen MR) is 134 cm³/mol. The van der Waals surface area contributed by atoms with Crippen LogP contribution in [0.4, 0.5) is 23.2 Å². The topological polar surface area (TPSA) is 73.1 Å². The molecule has 0 atom stereocenters. The average molecular weight is 528 g/mol. The molecule has 4 aromatic rings. The van der Waals surface area contributed by atoms with Crippen molar-refractivity contribution in [2.24, 2.45) is 0 Å². The number of methoxy groups -OCH3 is 1. The SMILES string of the molecule is COc1cnc2cc(C3CCN(c4c(C)cccc4F)CC3)c(=O)n(Cc3ncccc3C(F)(F)F)c2n1. The van der Waals surface area contributed by atoms with Gasteiger partial charge in [0.25, 0.3) is 5.56 Å². The van der Waals surface area contributed by atoms with E-state index >= 15 is 0 Å². The van der Waals surface area contributed by atoms with Crippen molar-refractivity contribution < 1.29 is 22.3 Å². The highest BCUT2D eigenvalue weighted by Gasteiger charge is 2.34. The summed E-state index contributed by atoms with van der Waals surface area (Å²) in [7, 11) is 1.39. The minimum absolute atomic E-state index is 0.108. The first-order chi connectivity index (χ1) is 18.2. The smallest absolute Gasteiger partial charge is 0.418 e. The highest BCUT2D eigenvalue weighted by Crippen LogP contribution is 2.34. The molecule has 1 saturated heterocycles. The number of hydrogen-bond donors (Lipinski definition) is 0. The first-order valence-electron chi connectivity index (χ1n) is 12.1. The van der Waals surface area contributed by atoms with Gasteiger partial charge in [-0.25, -0.2) is 9.37 Å². The summed E-state index contributed by atoms with van der Waals surface area (Å²) in [5.41, 5.74) is 0.607. The van der Waals surface area contributed by atoms with Crippen LogP contribution < -0.4 is 15.2 Å². The van der Waals surface area contributed by atoms with Crippen LogP contribution in [0.2, 0.25) is 0 Å². The third-order valence-electron chi connectivity index (χ3n) is 6.95. The molecule has 3 aromatic heterocycles. The zero-order valence-corrected chi connectivity index (χ0v) is 20.8. The molecule has 0 unspecified atom stereocenters. The molecule has 0 N–H and O–H groups in total. The quantitative estimate of drug-likeness (QED) is 0.337. The van der Waals surface area contributed by atoms with E-state index < -0.39 is 23.8 Å². The number of fused-ring (bicyclic) bond motifs is 1. The van der Waals surface area contributed by atoms with Crippen molar-refractivity contribution in [1.29, 1.82) is 0 Å². The molecule has 0 saturated carbocycles. The minimum atomic E-state index is -4.64. The number of aryl methyl sites for hydroxylation is 1. The molecule has 0 radical (unpaired) electrons. The van der Waals surface area contributed by atoms with Crippen molar-refractivity contribution in [3.05, 3.63) is 87.3 Å². The fourth-order valence-electron chi connectivity index (χ4n) is 5.08. The molecule has 1 aromatic carbocycles. The Morgan fingerprint density at radius 2 is 1.87 bits per heavy atom. The van der Waals surface area contributed by atoms with Crippen LogP contribution >= 0.6 is 0 Å². The van der Waals surface area contributed by atoms with Gasteiger partial charge in [0.2, 0.25) is 5.88 Å². The Labute approximate surface area is 215 Å². The number of para-hydroxylation sites is 1. The van der Waals surface area contributed by atoms with E-state index in [0.717, 1.165) is 11.6 Å². The summed E-state index contributed by atoms with van der Waals surface area (Å²) in [6.45, 7) is 2.47. The van der Waals surface area contributed by atoms with Crippen LogP contribution in [0.15, 0.2) is 53.6 Å². The fraction of sp³-hybridized carbons (Fsp3) is 0.333. The number of aromatic nitrogens is 4. The van der Waals surface area contributed by atoms with Gasteiger partial charge in [-0.2, -0.15) is 18.2 Å². The van der Waals surface area contributed by atoms with Crippen molar-refractivity contribution in [2.45, 2.75) is 38.4 Å². The maximum Gasteiger partial charge on any atom is 0.418 e. The number of piperidine rings is 1. The van der Waals surface area contributed by atoms with Crippen molar-refractivity contribution in [3.8, 4) is 5.88 Å². The van der Waals surface area contributed by atoms with Crippen molar-refractivity contribution in [3.63, 3.8) is 0 Å². The summed E-state index contributed by atoms with van der Waals surface area (Å²) in [4.78, 5) is 28.4. The molecule has 11 heteroatoms. The number of halogens is 4. The zero-order valence-electron chi connectivity index (χ0n) is 20.8. The second-order valence-corrected chi connectivity index (χ2v) is 9.27. The van der Waals surface area contributed by atoms with E-state index in [-0.39, 0.29) is 29.0 Å². The molecule has 0 bridgehead atoms. The highest BCUT2D eigenvalue weighted by atomic mass is 19.4. The summed E-state index contributed by atoms with van der Waals surface area (Å²) < 4.78 is 61.9. The largest absolute Gasteiger partial charge is 0.480 e. The van der Waals surface area contributed by atoms with E-state index in [4.69, 9.17) is 4.74 Å². The fourth-order valence-corrected chi connectivity index (χ4v) is 5.08. The summed E-state index contributed by atoms with van der Waals surface area (Å²) in [5.74, 6) is -0.350. The van der Waals surface area contributed by atoms with E-state index in [1.54, 1.807) is 12.1 Å². The zero-order chi connectivity index (χ0) is 27.0. The van der Waals surface area contributed by atoms with Crippen molar-refractivity contribution in [1.82, 2.24) is 19.5 Å². The molecule has 0 aliphatic carbocycles. The van der Waals surface area contributed by atoms with Gasteiger partial charge < -0.3 is 9.64 Å². The molecule has 1 fully saturated rings. The standard InChI is InChI=1S/C27H25F4N5O2/c1-16-5-3-7-20(28)24(16)35-11-8-17(9-12-35)18-13-21-25(34-23(38-2)14-33-21)36(26(18)37)15-22-19(27(29,30)31)6-4-10-32-22/h3-7,10,13-14,17H,8-9,11-12,15H2,1-2H3. The molecule has 5 rings (SSSR count). The second-order valence-electron chi connectivity index (χ2n) is 9.27. The summed E-state index contributed by atoms with van der Waals surface area (Å²) in [6, 6.07) is 8.74. The summed E-state index contributed by atoms with van der Waals surface area (Å²) in [5, 5.41) is 0. The Morgan fingerprint density at radius 3 is 2.55 bits per heavy atom. The van der Waals surface area contributed by atoms with Gasteiger partial charge in [0.05, 0.1) is 36.8 Å². The second kappa shape index (κ2) is 10.0. The van der Waals surface area contributed by atoms with Gasteiger partial charge in [0, 0.05) is 24.8 Å². The van der Waals surface area contributed by atoms with Crippen molar-refractivity contribution >= 4 is 16.9 Å². The maximum absolute atomic E-state index is 14.5. The molecular formula is C27H25F4N5O2. The minimum Gasteiger partial charge on any atom is -0.480 e. The number of alkyl halides is 3. The first kappa shape index (κ1) is 25.6. The monoisotopic (exact) mass is 527 g/mol. The van der Waals surface area contributed by atoms with Gasteiger partial charge in [-0.1, -0.05) is 12.1 Å². The van der Waals surface area contributed by atoms with Crippen LogP contribution in [0.5, 0.6) is 5.88 Å². The van der Waals surface area contributed by atoms with Gasteiger partial charge in [-0.15, -0.1) is 0 Å². The number of pyridine rings is 2. The van der Waals surface area contributed by atoms with Crippen LogP contribution in [0.25, 0.3) is 11.2 Å². The molecular weight excluding hydrogens is 502 g/mol. The number of ether oxygens (including phenoxy) is 1. The van der Waals surface area contributed by atoms with Gasteiger partial charge >= 0.3 is 6.18 Å². The van der Waals surface area contributed by atoms with Gasteiger partial charge in [-0.05, 0) is 55.5 Å². The normalized spacial score (nSPS) is 14.7. The lowest BCUT2D eigenvalue weighted by atomic mass is 9.89. The third-order valence-corrected chi connectivity index (χ3v) is 6.95. The molecule has 38 heavy (non-hydrogen) atoms. The van der Waals surface area contributed by atoms with Crippen molar-refractivity contribution in [2.75, 3.05) is 25.1 Å². The molecule has 0 spiro atoms. The molecule has 7 nitrogen and oxygen atoms in total. The number of nitrogens with zero attached hydrogens (tertiary/aromatic N) is 5. The van der Waals surface area contributed by atoms with E-state index in [1.807, 2.05) is 17.9 Å². The van der Waals surface area contributed by atoms with E-state index in [0.29, 0.717) is 42.7 Å². The van der Waals surface area contributed by atoms with Gasteiger partial charge in [-0.3, -0.25) is 14.3 Å². The Kier molecular flexibility index (Phi) is 6.77. The molecule has 0 amide bonds. The molecule has 1 aliphatic heterocycles. The molecule has 198 valence electrons. The van der Waals surface area contributed by atoms with Crippen LogP contribution in [0.1, 0.15) is 41.1 Å². The number of anilines is 1. The third kappa shape index (κ3) is 4.80. The van der Waals surface area contributed by atoms with E-state index in [2.05, 4.69) is 15.0 Å². The lowest BCUT2D eigenvalue weighted by Crippen LogP contribution is -2.36. The van der Waals surface area contributed by atoms with Crippen LogP contribution in [0, 0.1) is 12.7 Å². The van der Waals surface area contributed by atoms with Crippen LogP contribution in [-0.2, 0) is 12.7 Å². The summed E-state index contributed by atoms with van der Waals surface area (Å²) in [6.07, 6.45) is -0.854. The predicted octanol–water partition coefficient (Wildman–Crippen LogP) is 5.09. The Balaban J connectivity index is 1.54. The first-order valence-corrected chi connectivity index (χ1v) is 12.1. The van der Waals surface area contributed by atoms with Crippen LogP contribution in [0.3, 0.4) is 0 Å². The van der Waals surface area contributed by atoms with Gasteiger partial charge in [0.1, 0.15) is 11.3 Å². The van der Waals surface area contributed by atoms with E-state index in [9.17, 15) is 22.4 Å². The Morgan fingerprint density at radius 1 is 1.11 bits per heavy atom. The number of hydrogen-bond acceptors (Lipinski definition) is 6. The van der Waals surface area contributed by atoms with Crippen LogP contribution in [-0.4, -0.2) is 39.7 Å². The maximum atomic E-state index is 14.5. The highest BCUT2D eigenvalue weighted by molar-refractivity contribution is 5.71. The Bertz CT molecular complexity index is 1530. The average Bonchev–Trinajstić information content (AvgIpc) is 2.90. The molecule has 4 heterocycles. The lowest BCUT2D eigenvalue weighted by Gasteiger charge is -2.34. The Hall–Kier alpha value is -4.02. The summed E-state index contributed by atoms with van der Waals surface area (Å²) >= 11 is 0. The van der Waals surface area contributed by atoms with E-state index in [1.165, 1.54) is 36.2 Å². The van der Waals surface area contributed by atoms with Gasteiger partial charge in [0.15, 0.2) is 5.65 Å². The lowest BCUT2D eigenvalue weighted by molar-refractivity contribution is -0.138.